The van der Waals surface area contributed by atoms with Gasteiger partial charge in [0.2, 0.25) is 0 Å². The maximum Gasteiger partial charge on any atom is 0.0715 e. The Kier molecular flexibility index (Phi) is 8.20. The first-order chi connectivity index (χ1) is 25.7. The van der Waals surface area contributed by atoms with Gasteiger partial charge in [-0.15, -0.1) is 0 Å². The number of benzene rings is 7. The van der Waals surface area contributed by atoms with Gasteiger partial charge in [-0.25, -0.2) is 4.98 Å². The van der Waals surface area contributed by atoms with E-state index in [1.165, 1.54) is 16.5 Å². The normalized spacial score (nSPS) is 11.9. The zero-order valence-corrected chi connectivity index (χ0v) is 28.6. The summed E-state index contributed by atoms with van der Waals surface area (Å²) in [7, 11) is 0. The van der Waals surface area contributed by atoms with Crippen LogP contribution in [0.5, 0.6) is 0 Å². The maximum absolute atomic E-state index is 7.06. The lowest BCUT2D eigenvalue weighted by atomic mass is 9.91. The van der Waals surface area contributed by atoms with E-state index in [9.17, 15) is 0 Å². The van der Waals surface area contributed by atoms with Crippen molar-refractivity contribution in [1.82, 2.24) is 9.97 Å². The fourth-order valence-corrected chi connectivity index (χ4v) is 7.43. The first kappa shape index (κ1) is 31.4. The molecule has 0 saturated carbocycles. The summed E-state index contributed by atoms with van der Waals surface area (Å²) in [5.41, 5.74) is 20.1. The van der Waals surface area contributed by atoms with Crippen LogP contribution in [0, 0.1) is 0 Å². The molecule has 1 unspecified atom stereocenters. The van der Waals surface area contributed by atoms with E-state index < -0.39 is 0 Å². The van der Waals surface area contributed by atoms with Gasteiger partial charge >= 0.3 is 0 Å². The minimum absolute atomic E-state index is 0.288. The molecule has 0 amide bonds. The molecule has 7 aromatic carbocycles. The van der Waals surface area contributed by atoms with Crippen LogP contribution in [-0.2, 0) is 6.54 Å². The summed E-state index contributed by atoms with van der Waals surface area (Å²) in [6.45, 7) is 0.612. The standard InChI is InChI=1S/C48H36N4/c49-48(36-13-2-1-3-14-36)47-39-15-5-4-12-34(39)25-26-45(47)51-31-32-28-37(33-21-23-35(24-22-33)42-18-10-11-27-50-42)30-38(29-32)46-40-16-6-8-19-43(40)52-44-20-9-7-17-41(44)46/h1-30,48,51H,31,49H2. The number of hydrogen-bond donors (Lipinski definition) is 2. The van der Waals surface area contributed by atoms with Crippen molar-refractivity contribution in [3.05, 3.63) is 199 Å². The lowest BCUT2D eigenvalue weighted by Crippen LogP contribution is -2.15. The number of fused-ring (bicyclic) bond motifs is 3. The predicted molar refractivity (Wildman–Crippen MR) is 217 cm³/mol. The first-order valence-corrected chi connectivity index (χ1v) is 17.7. The van der Waals surface area contributed by atoms with Gasteiger partial charge in [-0.3, -0.25) is 4.98 Å². The monoisotopic (exact) mass is 668 g/mol. The molecule has 0 saturated heterocycles. The Morgan fingerprint density at radius 1 is 0.519 bits per heavy atom. The van der Waals surface area contributed by atoms with Crippen molar-refractivity contribution in [1.29, 1.82) is 0 Å². The summed E-state index contributed by atoms with van der Waals surface area (Å²) in [6, 6.07) is 61.5. The molecule has 4 nitrogen and oxygen atoms in total. The maximum atomic E-state index is 7.06. The number of anilines is 1. The van der Waals surface area contributed by atoms with Gasteiger partial charge in [0.25, 0.3) is 0 Å². The minimum atomic E-state index is -0.288. The minimum Gasteiger partial charge on any atom is -0.381 e. The number of rotatable bonds is 8. The van der Waals surface area contributed by atoms with E-state index in [4.69, 9.17) is 10.7 Å². The number of para-hydroxylation sites is 2. The van der Waals surface area contributed by atoms with Gasteiger partial charge in [0.1, 0.15) is 0 Å². The molecule has 9 aromatic rings. The second kappa shape index (κ2) is 13.6. The molecule has 0 aliphatic carbocycles. The molecular weight excluding hydrogens is 633 g/mol. The van der Waals surface area contributed by atoms with E-state index >= 15 is 0 Å². The molecule has 0 bridgehead atoms. The van der Waals surface area contributed by atoms with Crippen molar-refractivity contribution >= 4 is 38.3 Å². The topological polar surface area (TPSA) is 63.8 Å². The molecule has 0 aliphatic rings. The summed E-state index contributed by atoms with van der Waals surface area (Å²) in [4.78, 5) is 9.59. The van der Waals surface area contributed by atoms with E-state index in [2.05, 4.69) is 162 Å². The average molecular weight is 669 g/mol. The number of pyridine rings is 2. The molecule has 52 heavy (non-hydrogen) atoms. The molecule has 0 radical (unpaired) electrons. The molecule has 3 N–H and O–H groups in total. The molecule has 2 aromatic heterocycles. The largest absolute Gasteiger partial charge is 0.381 e. The Bertz CT molecular complexity index is 2630. The zero-order chi connectivity index (χ0) is 34.9. The Morgan fingerprint density at radius 3 is 1.88 bits per heavy atom. The van der Waals surface area contributed by atoms with Crippen molar-refractivity contribution in [3.63, 3.8) is 0 Å². The number of aromatic nitrogens is 2. The molecule has 0 aliphatic heterocycles. The Balaban J connectivity index is 1.18. The fraction of sp³-hybridized carbons (Fsp3) is 0.0417. The SMILES string of the molecule is NC(c1ccccc1)c1c(NCc2cc(-c3ccc(-c4ccccn4)cc3)cc(-c3c4ccccc4nc4ccccc34)c2)ccc2ccccc12. The van der Waals surface area contributed by atoms with Crippen LogP contribution in [0.15, 0.2) is 182 Å². The van der Waals surface area contributed by atoms with Gasteiger partial charge in [0.15, 0.2) is 0 Å². The van der Waals surface area contributed by atoms with Crippen molar-refractivity contribution in [2.24, 2.45) is 5.73 Å². The van der Waals surface area contributed by atoms with Gasteiger partial charge in [-0.2, -0.15) is 0 Å². The lowest BCUT2D eigenvalue weighted by Gasteiger charge is -2.21. The van der Waals surface area contributed by atoms with Crippen molar-refractivity contribution in [2.45, 2.75) is 12.6 Å². The summed E-state index contributed by atoms with van der Waals surface area (Å²) in [5.74, 6) is 0. The Hall–Kier alpha value is -6.62. The summed E-state index contributed by atoms with van der Waals surface area (Å²) < 4.78 is 0. The quantitative estimate of drug-likeness (QED) is 0.158. The van der Waals surface area contributed by atoms with Gasteiger partial charge in [-0.1, -0.05) is 127 Å². The molecule has 0 spiro atoms. The first-order valence-electron chi connectivity index (χ1n) is 17.7. The van der Waals surface area contributed by atoms with Gasteiger partial charge in [0, 0.05) is 45.9 Å². The van der Waals surface area contributed by atoms with Crippen LogP contribution >= 0.6 is 0 Å². The third-order valence-electron chi connectivity index (χ3n) is 9.97. The van der Waals surface area contributed by atoms with E-state index in [-0.39, 0.29) is 6.04 Å². The van der Waals surface area contributed by atoms with Gasteiger partial charge in [0.05, 0.1) is 22.8 Å². The van der Waals surface area contributed by atoms with Crippen LogP contribution in [-0.4, -0.2) is 9.97 Å². The highest BCUT2D eigenvalue weighted by Crippen LogP contribution is 2.39. The highest BCUT2D eigenvalue weighted by molar-refractivity contribution is 6.09. The van der Waals surface area contributed by atoms with Crippen LogP contribution in [0.2, 0.25) is 0 Å². The number of hydrogen-bond acceptors (Lipinski definition) is 4. The predicted octanol–water partition coefficient (Wildman–Crippen LogP) is 11.6. The molecule has 2 heterocycles. The average Bonchev–Trinajstić information content (AvgIpc) is 3.22. The van der Waals surface area contributed by atoms with Gasteiger partial charge < -0.3 is 11.1 Å². The van der Waals surface area contributed by atoms with Crippen LogP contribution in [0.1, 0.15) is 22.7 Å². The molecule has 1 atom stereocenters. The molecule has 0 fully saturated rings. The van der Waals surface area contributed by atoms with Crippen LogP contribution in [0.4, 0.5) is 5.69 Å². The molecule has 9 rings (SSSR count). The molecular formula is C48H36N4. The smallest absolute Gasteiger partial charge is 0.0715 e. The van der Waals surface area contributed by atoms with E-state index in [1.54, 1.807) is 0 Å². The highest BCUT2D eigenvalue weighted by Gasteiger charge is 2.18. The van der Waals surface area contributed by atoms with Crippen molar-refractivity contribution in [3.8, 4) is 33.5 Å². The van der Waals surface area contributed by atoms with Crippen LogP contribution in [0.25, 0.3) is 66.1 Å². The fourth-order valence-electron chi connectivity index (χ4n) is 7.43. The van der Waals surface area contributed by atoms with Crippen LogP contribution < -0.4 is 11.1 Å². The Morgan fingerprint density at radius 2 is 1.15 bits per heavy atom. The van der Waals surface area contributed by atoms with E-state index in [1.807, 2.05) is 30.5 Å². The summed E-state index contributed by atoms with van der Waals surface area (Å²) >= 11 is 0. The summed E-state index contributed by atoms with van der Waals surface area (Å²) in [6.07, 6.45) is 1.84. The summed E-state index contributed by atoms with van der Waals surface area (Å²) in [5, 5.41) is 8.42. The van der Waals surface area contributed by atoms with Gasteiger partial charge in [-0.05, 0) is 87.1 Å². The zero-order valence-electron chi connectivity index (χ0n) is 28.6. The van der Waals surface area contributed by atoms with Crippen LogP contribution in [0.3, 0.4) is 0 Å². The number of nitrogens with two attached hydrogens (primary N) is 1. The molecule has 4 heteroatoms. The van der Waals surface area contributed by atoms with E-state index in [0.29, 0.717) is 6.54 Å². The number of nitrogens with zero attached hydrogens (tertiary/aromatic N) is 2. The number of nitrogens with one attached hydrogen (secondary N) is 1. The van der Waals surface area contributed by atoms with E-state index in [0.717, 1.165) is 72.0 Å². The second-order valence-corrected chi connectivity index (χ2v) is 13.2. The lowest BCUT2D eigenvalue weighted by molar-refractivity contribution is 0.879. The molecule has 248 valence electrons. The van der Waals surface area contributed by atoms with Crippen molar-refractivity contribution in [2.75, 3.05) is 5.32 Å². The highest BCUT2D eigenvalue weighted by atomic mass is 14.9. The second-order valence-electron chi connectivity index (χ2n) is 13.2. The van der Waals surface area contributed by atoms with Crippen molar-refractivity contribution < 1.29 is 0 Å². The third kappa shape index (κ3) is 5.96. The Labute approximate surface area is 303 Å². The third-order valence-corrected chi connectivity index (χ3v) is 9.97.